The van der Waals surface area contributed by atoms with E-state index in [4.69, 9.17) is 0 Å². The number of hydrogen-bond donors (Lipinski definition) is 1. The summed E-state index contributed by atoms with van der Waals surface area (Å²) in [6.45, 7) is 12.0. The second-order valence-corrected chi connectivity index (χ2v) is 3.17. The minimum atomic E-state index is -0.734. The van der Waals surface area contributed by atoms with Gasteiger partial charge in [0.2, 0.25) is 0 Å². The Morgan fingerprint density at radius 1 is 1.31 bits per heavy atom. The van der Waals surface area contributed by atoms with E-state index in [1.165, 1.54) is 0 Å². The molecule has 94 valence electrons. The van der Waals surface area contributed by atoms with Crippen LogP contribution in [0.3, 0.4) is 0 Å². The molecule has 1 atom stereocenters. The van der Waals surface area contributed by atoms with Crippen molar-refractivity contribution in [1.82, 2.24) is 0 Å². The number of hydrogen-bond acceptors (Lipinski definition) is 1. The lowest BCUT2D eigenvalue weighted by molar-refractivity contribution is 0.163. The van der Waals surface area contributed by atoms with Crippen molar-refractivity contribution >= 4 is 0 Å². The highest BCUT2D eigenvalue weighted by atomic mass is 19.1. The first-order valence-electron chi connectivity index (χ1n) is 5.55. The molecule has 1 nitrogen and oxygen atoms in total. The Kier molecular flexibility index (Phi) is 11.5. The fraction of sp³-hybridized carbons (Fsp3) is 0.538. The van der Waals surface area contributed by atoms with Crippen LogP contribution in [0.5, 0.6) is 0 Å². The van der Waals surface area contributed by atoms with Gasteiger partial charge in [-0.1, -0.05) is 40.3 Å². The molecule has 0 amide bonds. The van der Waals surface area contributed by atoms with Gasteiger partial charge in [0.05, 0.1) is 6.10 Å². The zero-order valence-electron chi connectivity index (χ0n) is 10.4. The Morgan fingerprint density at radius 2 is 1.81 bits per heavy atom. The normalized spacial score (nSPS) is 12.5. The fourth-order valence-corrected chi connectivity index (χ4v) is 1.13. The first-order valence-corrected chi connectivity index (χ1v) is 5.55. The van der Waals surface area contributed by atoms with E-state index in [0.717, 1.165) is 12.5 Å². The molecule has 0 spiro atoms. The van der Waals surface area contributed by atoms with Gasteiger partial charge in [-0.15, -0.1) is 0 Å². The van der Waals surface area contributed by atoms with Crippen LogP contribution in [0, 0.1) is 0 Å². The molecule has 1 N–H and O–H groups in total. The summed E-state index contributed by atoms with van der Waals surface area (Å²) >= 11 is 0. The number of rotatable bonds is 6. The summed E-state index contributed by atoms with van der Waals surface area (Å²) < 4.78 is 25.1. The minimum Gasteiger partial charge on any atom is -0.393 e. The van der Waals surface area contributed by atoms with E-state index >= 15 is 0 Å². The molecule has 3 heteroatoms. The van der Waals surface area contributed by atoms with E-state index in [1.807, 2.05) is 20.8 Å². The Bertz CT molecular complexity index is 244. The van der Waals surface area contributed by atoms with E-state index in [1.54, 1.807) is 0 Å². The molecular formula is C13H22F2O. The van der Waals surface area contributed by atoms with E-state index < -0.39 is 17.8 Å². The van der Waals surface area contributed by atoms with Crippen LogP contribution in [-0.4, -0.2) is 11.2 Å². The molecule has 0 heterocycles. The number of aliphatic hydroxyl groups excluding tert-OH is 1. The molecule has 0 rings (SSSR count). The third-order valence-corrected chi connectivity index (χ3v) is 1.76. The number of halogens is 2. The van der Waals surface area contributed by atoms with Gasteiger partial charge in [0, 0.05) is 6.42 Å². The lowest BCUT2D eigenvalue weighted by Gasteiger charge is -2.10. The highest BCUT2D eigenvalue weighted by Gasteiger charge is 2.09. The van der Waals surface area contributed by atoms with Crippen molar-refractivity contribution in [1.29, 1.82) is 0 Å². The van der Waals surface area contributed by atoms with E-state index in [-0.39, 0.29) is 12.0 Å². The molecule has 0 radical (unpaired) electrons. The predicted molar refractivity (Wildman–Crippen MR) is 65.5 cm³/mol. The monoisotopic (exact) mass is 232 g/mol. The fourth-order valence-electron chi connectivity index (χ4n) is 1.13. The maximum Gasteiger partial charge on any atom is 0.119 e. The van der Waals surface area contributed by atoms with Gasteiger partial charge in [-0.2, -0.15) is 0 Å². The minimum absolute atomic E-state index is 0.0680. The molecule has 0 fully saturated rings. The molecule has 0 aliphatic heterocycles. The van der Waals surface area contributed by atoms with Gasteiger partial charge >= 0.3 is 0 Å². The molecule has 0 aromatic heterocycles. The zero-order valence-corrected chi connectivity index (χ0v) is 10.4. The molecule has 0 aromatic carbocycles. The van der Waals surface area contributed by atoms with Crippen LogP contribution >= 0.6 is 0 Å². The van der Waals surface area contributed by atoms with Crippen molar-refractivity contribution in [2.75, 3.05) is 0 Å². The van der Waals surface area contributed by atoms with Crippen LogP contribution in [0.25, 0.3) is 0 Å². The second kappa shape index (κ2) is 10.6. The lowest BCUT2D eigenvalue weighted by atomic mass is 10.0. The summed E-state index contributed by atoms with van der Waals surface area (Å²) in [6.07, 6.45) is 1.73. The van der Waals surface area contributed by atoms with Crippen LogP contribution in [0.1, 0.15) is 40.0 Å². The maximum atomic E-state index is 12.7. The van der Waals surface area contributed by atoms with Crippen LogP contribution in [0.2, 0.25) is 0 Å². The molecule has 0 aliphatic carbocycles. The summed E-state index contributed by atoms with van der Waals surface area (Å²) in [6, 6.07) is 0. The van der Waals surface area contributed by atoms with Gasteiger partial charge in [-0.25, -0.2) is 8.78 Å². The highest BCUT2D eigenvalue weighted by Crippen LogP contribution is 2.19. The first kappa shape index (κ1) is 17.4. The Morgan fingerprint density at radius 3 is 2.12 bits per heavy atom. The van der Waals surface area contributed by atoms with Crippen LogP contribution in [-0.2, 0) is 0 Å². The van der Waals surface area contributed by atoms with Crippen molar-refractivity contribution < 1.29 is 13.9 Å². The topological polar surface area (TPSA) is 20.2 Å². The van der Waals surface area contributed by atoms with Gasteiger partial charge in [-0.3, -0.25) is 0 Å². The summed E-state index contributed by atoms with van der Waals surface area (Å²) in [7, 11) is 0. The number of allylic oxidation sites excluding steroid dienone is 3. The molecule has 0 saturated carbocycles. The van der Waals surface area contributed by atoms with Gasteiger partial charge < -0.3 is 5.11 Å². The average Bonchev–Trinajstić information content (AvgIpc) is 2.19. The smallest absolute Gasteiger partial charge is 0.119 e. The Hall–Kier alpha value is -0.960. The molecule has 0 aliphatic rings. The quantitative estimate of drug-likeness (QED) is 0.670. The number of aliphatic hydroxyl groups is 1. The molecule has 0 saturated heterocycles. The predicted octanol–water partition coefficient (Wildman–Crippen LogP) is 4.46. The molecule has 0 aromatic rings. The van der Waals surface area contributed by atoms with Gasteiger partial charge in [-0.05, 0) is 18.1 Å². The van der Waals surface area contributed by atoms with Gasteiger partial charge in [0.25, 0.3) is 0 Å². The SMILES string of the molecule is C=C(F)/C=C(/CC(O)CCC)C(=C)F.CC. The van der Waals surface area contributed by atoms with E-state index in [0.29, 0.717) is 6.42 Å². The highest BCUT2D eigenvalue weighted by molar-refractivity contribution is 5.28. The van der Waals surface area contributed by atoms with Gasteiger partial charge in [0.15, 0.2) is 0 Å². The largest absolute Gasteiger partial charge is 0.393 e. The molecule has 16 heavy (non-hydrogen) atoms. The summed E-state index contributed by atoms with van der Waals surface area (Å²) in [5, 5.41) is 9.38. The van der Waals surface area contributed by atoms with Crippen molar-refractivity contribution in [3.05, 3.63) is 36.5 Å². The van der Waals surface area contributed by atoms with Crippen molar-refractivity contribution in [3.8, 4) is 0 Å². The first-order chi connectivity index (χ1) is 7.47. The van der Waals surface area contributed by atoms with Gasteiger partial charge in [0.1, 0.15) is 11.7 Å². The molecular weight excluding hydrogens is 210 g/mol. The third kappa shape index (κ3) is 9.59. The summed E-state index contributed by atoms with van der Waals surface area (Å²) in [5.41, 5.74) is 0.0680. The van der Waals surface area contributed by atoms with Crippen LogP contribution in [0.15, 0.2) is 36.5 Å². The maximum absolute atomic E-state index is 12.7. The molecule has 1 unspecified atom stereocenters. The van der Waals surface area contributed by atoms with E-state index in [2.05, 4.69) is 13.2 Å². The van der Waals surface area contributed by atoms with E-state index in [9.17, 15) is 13.9 Å². The second-order valence-electron chi connectivity index (χ2n) is 3.17. The summed E-state index contributed by atoms with van der Waals surface area (Å²) in [5.74, 6) is -1.46. The average molecular weight is 232 g/mol. The summed E-state index contributed by atoms with van der Waals surface area (Å²) in [4.78, 5) is 0. The third-order valence-electron chi connectivity index (χ3n) is 1.76. The van der Waals surface area contributed by atoms with Crippen LogP contribution in [0.4, 0.5) is 8.78 Å². The Labute approximate surface area is 97.2 Å². The van der Waals surface area contributed by atoms with Crippen molar-refractivity contribution in [3.63, 3.8) is 0 Å². The zero-order chi connectivity index (χ0) is 13.1. The standard InChI is InChI=1S/C11H16F2O.C2H6/c1-4-5-11(14)7-10(9(3)13)6-8(2)12;1-2/h6,11,14H,2-5,7H2,1H3;1-2H3/b10-6-;. The van der Waals surface area contributed by atoms with Crippen molar-refractivity contribution in [2.45, 2.75) is 46.1 Å². The lowest BCUT2D eigenvalue weighted by Crippen LogP contribution is -2.07. The Balaban J connectivity index is 0. The van der Waals surface area contributed by atoms with Crippen molar-refractivity contribution in [2.24, 2.45) is 0 Å². The van der Waals surface area contributed by atoms with Crippen LogP contribution < -0.4 is 0 Å². The molecule has 0 bridgehead atoms.